The van der Waals surface area contributed by atoms with Crippen LogP contribution in [0.1, 0.15) is 11.1 Å². The van der Waals surface area contributed by atoms with Crippen molar-refractivity contribution < 1.29 is 13.2 Å². The normalized spacial score (nSPS) is 11.4. The number of aromatic amines is 1. The summed E-state index contributed by atoms with van der Waals surface area (Å²) in [6, 6.07) is 2.95. The van der Waals surface area contributed by atoms with Gasteiger partial charge in [-0.05, 0) is 12.1 Å². The Labute approximate surface area is 92.3 Å². The van der Waals surface area contributed by atoms with Gasteiger partial charge in [0.1, 0.15) is 6.07 Å². The Balaban J connectivity index is 2.92. The van der Waals surface area contributed by atoms with Crippen molar-refractivity contribution in [2.75, 3.05) is 0 Å². The zero-order chi connectivity index (χ0) is 12.6. The van der Waals surface area contributed by atoms with E-state index in [2.05, 4.69) is 9.97 Å². The van der Waals surface area contributed by atoms with E-state index in [1.807, 2.05) is 0 Å². The van der Waals surface area contributed by atoms with Crippen molar-refractivity contribution in [3.63, 3.8) is 0 Å². The predicted octanol–water partition coefficient (Wildman–Crippen LogP) is 1.81. The third-order valence-corrected chi connectivity index (χ3v) is 2.19. The Kier molecular flexibility index (Phi) is 2.35. The summed E-state index contributed by atoms with van der Waals surface area (Å²) in [5, 5.41) is 8.50. The topological polar surface area (TPSA) is 69.5 Å². The number of alkyl halides is 3. The molecule has 1 heterocycles. The number of aromatic nitrogens is 2. The van der Waals surface area contributed by atoms with E-state index in [1.165, 1.54) is 0 Å². The monoisotopic (exact) mass is 239 g/mol. The van der Waals surface area contributed by atoms with Crippen LogP contribution in [-0.4, -0.2) is 9.97 Å². The molecular weight excluding hydrogens is 235 g/mol. The van der Waals surface area contributed by atoms with E-state index >= 15 is 0 Å². The molecule has 17 heavy (non-hydrogen) atoms. The maximum atomic E-state index is 12.5. The minimum atomic E-state index is -4.61. The highest BCUT2D eigenvalue weighted by atomic mass is 19.4. The summed E-state index contributed by atoms with van der Waals surface area (Å²) in [6.45, 7) is 0. The Morgan fingerprint density at radius 2 is 2.06 bits per heavy atom. The molecule has 0 aliphatic heterocycles. The van der Waals surface area contributed by atoms with E-state index in [-0.39, 0.29) is 16.5 Å². The lowest BCUT2D eigenvalue weighted by atomic mass is 10.1. The van der Waals surface area contributed by atoms with E-state index in [1.54, 1.807) is 6.07 Å². The van der Waals surface area contributed by atoms with E-state index in [4.69, 9.17) is 5.26 Å². The molecule has 4 nitrogen and oxygen atoms in total. The molecule has 0 saturated heterocycles. The van der Waals surface area contributed by atoms with Crippen molar-refractivity contribution in [3.05, 3.63) is 39.9 Å². The number of rotatable bonds is 0. The first-order chi connectivity index (χ1) is 7.93. The van der Waals surface area contributed by atoms with Crippen molar-refractivity contribution in [1.82, 2.24) is 9.97 Å². The van der Waals surface area contributed by atoms with Crippen LogP contribution in [-0.2, 0) is 6.18 Å². The lowest BCUT2D eigenvalue weighted by molar-refractivity contribution is -0.137. The highest BCUT2D eigenvalue weighted by Crippen LogP contribution is 2.31. The minimum Gasteiger partial charge on any atom is -0.313 e. The minimum absolute atomic E-state index is 0.0377. The van der Waals surface area contributed by atoms with Gasteiger partial charge < -0.3 is 4.98 Å². The van der Waals surface area contributed by atoms with Crippen LogP contribution in [0.25, 0.3) is 10.9 Å². The maximum Gasteiger partial charge on any atom is 0.416 e. The third kappa shape index (κ3) is 1.85. The van der Waals surface area contributed by atoms with Gasteiger partial charge in [-0.2, -0.15) is 18.4 Å². The molecule has 0 radical (unpaired) electrons. The predicted molar refractivity (Wildman–Crippen MR) is 52.1 cm³/mol. The first-order valence-electron chi connectivity index (χ1n) is 4.42. The van der Waals surface area contributed by atoms with Crippen LogP contribution in [0.3, 0.4) is 0 Å². The summed E-state index contributed by atoms with van der Waals surface area (Å²) in [5.74, 6) is 0. The van der Waals surface area contributed by atoms with Crippen molar-refractivity contribution in [2.24, 2.45) is 0 Å². The van der Waals surface area contributed by atoms with Gasteiger partial charge >= 0.3 is 6.18 Å². The molecule has 1 aromatic carbocycles. The highest BCUT2D eigenvalue weighted by Gasteiger charge is 2.31. The fourth-order valence-electron chi connectivity index (χ4n) is 1.43. The second kappa shape index (κ2) is 3.59. The summed E-state index contributed by atoms with van der Waals surface area (Å²) in [6.07, 6.45) is -3.57. The largest absolute Gasteiger partial charge is 0.416 e. The van der Waals surface area contributed by atoms with Gasteiger partial charge in [-0.1, -0.05) is 0 Å². The lowest BCUT2D eigenvalue weighted by Crippen LogP contribution is -2.11. The van der Waals surface area contributed by atoms with E-state index in [0.717, 1.165) is 6.33 Å². The van der Waals surface area contributed by atoms with Gasteiger partial charge in [-0.3, -0.25) is 4.79 Å². The summed E-state index contributed by atoms with van der Waals surface area (Å²) >= 11 is 0. The van der Waals surface area contributed by atoms with E-state index in [9.17, 15) is 18.0 Å². The number of halogens is 3. The van der Waals surface area contributed by atoms with Crippen molar-refractivity contribution >= 4 is 10.9 Å². The average molecular weight is 239 g/mol. The third-order valence-electron chi connectivity index (χ3n) is 2.19. The molecule has 0 amide bonds. The van der Waals surface area contributed by atoms with Gasteiger partial charge in [0.15, 0.2) is 0 Å². The summed E-state index contributed by atoms with van der Waals surface area (Å²) in [4.78, 5) is 17.2. The smallest absolute Gasteiger partial charge is 0.313 e. The first kappa shape index (κ1) is 11.1. The molecule has 0 aliphatic carbocycles. The Bertz CT molecular complexity index is 682. The van der Waals surface area contributed by atoms with Crippen LogP contribution in [0.2, 0.25) is 0 Å². The van der Waals surface area contributed by atoms with Crippen LogP contribution in [0, 0.1) is 11.3 Å². The van der Waals surface area contributed by atoms with Crippen LogP contribution in [0.5, 0.6) is 0 Å². The van der Waals surface area contributed by atoms with E-state index in [0.29, 0.717) is 12.1 Å². The molecule has 86 valence electrons. The van der Waals surface area contributed by atoms with Crippen LogP contribution in [0.15, 0.2) is 23.3 Å². The fraction of sp³-hybridized carbons (Fsp3) is 0.100. The summed E-state index contributed by atoms with van der Waals surface area (Å²) in [5.41, 5.74) is -2.07. The summed E-state index contributed by atoms with van der Waals surface area (Å²) < 4.78 is 37.6. The zero-order valence-electron chi connectivity index (χ0n) is 8.17. The Morgan fingerprint density at radius 1 is 1.35 bits per heavy atom. The highest BCUT2D eigenvalue weighted by molar-refractivity contribution is 5.84. The molecule has 0 atom stereocenters. The molecule has 1 aromatic heterocycles. The number of nitrogens with zero attached hydrogens (tertiary/aromatic N) is 2. The van der Waals surface area contributed by atoms with Crippen LogP contribution in [0.4, 0.5) is 13.2 Å². The lowest BCUT2D eigenvalue weighted by Gasteiger charge is -2.07. The molecule has 0 aliphatic rings. The standard InChI is InChI=1S/C10H4F3N3O/c11-10(12,13)6-1-5(3-14)8-7(2-6)9(17)16-4-15-8/h1-2,4H,(H,15,16,17). The average Bonchev–Trinajstić information content (AvgIpc) is 2.27. The number of fused-ring (bicyclic) bond motifs is 1. The number of nitrogens with one attached hydrogen (secondary N) is 1. The number of hydrogen-bond donors (Lipinski definition) is 1. The Morgan fingerprint density at radius 3 is 2.65 bits per heavy atom. The number of hydrogen-bond acceptors (Lipinski definition) is 3. The Hall–Kier alpha value is -2.36. The van der Waals surface area contributed by atoms with E-state index < -0.39 is 17.3 Å². The number of benzene rings is 1. The maximum absolute atomic E-state index is 12.5. The number of H-pyrrole nitrogens is 1. The van der Waals surface area contributed by atoms with Crippen LogP contribution >= 0.6 is 0 Å². The van der Waals surface area contributed by atoms with Gasteiger partial charge in [0, 0.05) is 0 Å². The zero-order valence-corrected chi connectivity index (χ0v) is 8.17. The van der Waals surface area contributed by atoms with Gasteiger partial charge in [0.25, 0.3) is 5.56 Å². The molecule has 0 saturated carbocycles. The second-order valence-corrected chi connectivity index (χ2v) is 3.26. The van der Waals surface area contributed by atoms with Crippen LogP contribution < -0.4 is 5.56 Å². The van der Waals surface area contributed by atoms with Crippen molar-refractivity contribution in [2.45, 2.75) is 6.18 Å². The first-order valence-corrected chi connectivity index (χ1v) is 4.42. The van der Waals surface area contributed by atoms with Gasteiger partial charge in [-0.15, -0.1) is 0 Å². The van der Waals surface area contributed by atoms with Crippen molar-refractivity contribution in [3.8, 4) is 6.07 Å². The van der Waals surface area contributed by atoms with Crippen molar-refractivity contribution in [1.29, 1.82) is 5.26 Å². The van der Waals surface area contributed by atoms with Gasteiger partial charge in [0.2, 0.25) is 0 Å². The molecule has 0 bridgehead atoms. The number of nitriles is 1. The molecule has 0 spiro atoms. The molecule has 2 rings (SSSR count). The SMILES string of the molecule is N#Cc1cc(C(F)(F)F)cc2c(=O)[nH]cnc12. The van der Waals surface area contributed by atoms with Gasteiger partial charge in [0.05, 0.1) is 28.4 Å². The molecular formula is C10H4F3N3O. The molecule has 7 heteroatoms. The quantitative estimate of drug-likeness (QED) is 0.762. The second-order valence-electron chi connectivity index (χ2n) is 3.26. The molecule has 0 unspecified atom stereocenters. The molecule has 1 N–H and O–H groups in total. The fourth-order valence-corrected chi connectivity index (χ4v) is 1.43. The molecule has 2 aromatic rings. The van der Waals surface area contributed by atoms with Gasteiger partial charge in [-0.25, -0.2) is 4.98 Å². The molecule has 0 fully saturated rings. The summed E-state index contributed by atoms with van der Waals surface area (Å²) in [7, 11) is 0.